The van der Waals surface area contributed by atoms with Gasteiger partial charge < -0.3 is 10.1 Å². The highest BCUT2D eigenvalue weighted by Crippen LogP contribution is 2.15. The summed E-state index contributed by atoms with van der Waals surface area (Å²) in [6.07, 6.45) is 3.20. The van der Waals surface area contributed by atoms with Crippen LogP contribution in [0.3, 0.4) is 0 Å². The fourth-order valence-electron chi connectivity index (χ4n) is 1.68. The van der Waals surface area contributed by atoms with Crippen molar-refractivity contribution >= 4 is 17.8 Å². The molecule has 1 aromatic carbocycles. The van der Waals surface area contributed by atoms with E-state index in [0.29, 0.717) is 5.82 Å². The first-order chi connectivity index (χ1) is 9.60. The Morgan fingerprint density at radius 1 is 1.40 bits per heavy atom. The van der Waals surface area contributed by atoms with Gasteiger partial charge in [-0.2, -0.15) is 5.10 Å². The summed E-state index contributed by atoms with van der Waals surface area (Å²) in [5.41, 5.74) is 2.78. The molecule has 0 atom stereocenters. The molecule has 2 rings (SSSR count). The van der Waals surface area contributed by atoms with Gasteiger partial charge in [-0.05, 0) is 37.6 Å². The summed E-state index contributed by atoms with van der Waals surface area (Å²) < 4.78 is 5.13. The van der Waals surface area contributed by atoms with Crippen molar-refractivity contribution in [3.05, 3.63) is 47.2 Å². The van der Waals surface area contributed by atoms with E-state index >= 15 is 0 Å². The van der Waals surface area contributed by atoms with Crippen molar-refractivity contribution in [1.29, 1.82) is 0 Å². The maximum Gasteiger partial charge on any atom is 0.249 e. The summed E-state index contributed by atoms with van der Waals surface area (Å²) in [7, 11) is 1.61. The highest BCUT2D eigenvalue weighted by atomic mass is 16.5. The van der Waals surface area contributed by atoms with E-state index in [1.54, 1.807) is 13.2 Å². The maximum atomic E-state index is 11.8. The lowest BCUT2D eigenvalue weighted by Crippen LogP contribution is -2.09. The third kappa shape index (κ3) is 3.26. The van der Waals surface area contributed by atoms with Gasteiger partial charge in [0.05, 0.1) is 7.11 Å². The van der Waals surface area contributed by atoms with Crippen LogP contribution in [0, 0.1) is 13.8 Å². The van der Waals surface area contributed by atoms with Crippen molar-refractivity contribution in [1.82, 2.24) is 10.2 Å². The number of aromatic nitrogens is 2. The molecule has 0 saturated carbocycles. The predicted molar refractivity (Wildman–Crippen MR) is 78.7 cm³/mol. The van der Waals surface area contributed by atoms with Crippen molar-refractivity contribution in [2.45, 2.75) is 13.8 Å². The number of aryl methyl sites for hydroxylation is 1. The van der Waals surface area contributed by atoms with Crippen molar-refractivity contribution in [3.8, 4) is 5.75 Å². The van der Waals surface area contributed by atoms with E-state index in [2.05, 4.69) is 15.5 Å². The number of anilines is 1. The Hall–Kier alpha value is -2.56. The van der Waals surface area contributed by atoms with Gasteiger partial charge in [0.15, 0.2) is 5.82 Å². The van der Waals surface area contributed by atoms with Crippen LogP contribution in [0.15, 0.2) is 30.3 Å². The van der Waals surface area contributed by atoms with Crippen LogP contribution in [0.5, 0.6) is 5.75 Å². The smallest absolute Gasteiger partial charge is 0.249 e. The Balaban J connectivity index is 2.03. The van der Waals surface area contributed by atoms with Crippen LogP contribution >= 0.6 is 0 Å². The second-order valence-electron chi connectivity index (χ2n) is 4.42. The molecule has 104 valence electrons. The Bertz CT molecular complexity index is 644. The van der Waals surface area contributed by atoms with E-state index in [-0.39, 0.29) is 5.91 Å². The molecule has 5 heteroatoms. The maximum absolute atomic E-state index is 11.8. The van der Waals surface area contributed by atoms with Crippen LogP contribution in [0.4, 0.5) is 5.82 Å². The highest BCUT2D eigenvalue weighted by Gasteiger charge is 2.07. The molecule has 20 heavy (non-hydrogen) atoms. The Labute approximate surface area is 117 Å². The monoisotopic (exact) mass is 271 g/mol. The molecule has 1 heterocycles. The van der Waals surface area contributed by atoms with Gasteiger partial charge in [-0.1, -0.05) is 12.1 Å². The first-order valence-electron chi connectivity index (χ1n) is 6.25. The molecule has 0 spiro atoms. The first kappa shape index (κ1) is 13.9. The molecule has 1 aromatic heterocycles. The van der Waals surface area contributed by atoms with Gasteiger partial charge in [-0.15, -0.1) is 0 Å². The van der Waals surface area contributed by atoms with Gasteiger partial charge in [0, 0.05) is 17.3 Å². The standard InChI is InChI=1S/C15H17N3O2/c1-10-11(2)17-18-15(10)16-14(19)8-7-12-5-4-6-13(9-12)20-3/h4-9H,1-3H3,(H2,16,17,18,19)/b8-7+. The van der Waals surface area contributed by atoms with E-state index < -0.39 is 0 Å². The lowest BCUT2D eigenvalue weighted by atomic mass is 10.2. The highest BCUT2D eigenvalue weighted by molar-refractivity contribution is 6.01. The van der Waals surface area contributed by atoms with E-state index in [1.165, 1.54) is 6.08 Å². The summed E-state index contributed by atoms with van der Waals surface area (Å²) in [6.45, 7) is 3.81. The minimum absolute atomic E-state index is 0.220. The minimum atomic E-state index is -0.220. The number of nitrogens with one attached hydrogen (secondary N) is 2. The minimum Gasteiger partial charge on any atom is -0.497 e. The summed E-state index contributed by atoms with van der Waals surface area (Å²) in [4.78, 5) is 11.8. The average Bonchev–Trinajstić information content (AvgIpc) is 2.77. The number of hydrogen-bond donors (Lipinski definition) is 2. The molecule has 0 aliphatic rings. The van der Waals surface area contributed by atoms with Crippen molar-refractivity contribution in [2.24, 2.45) is 0 Å². The second kappa shape index (κ2) is 6.06. The predicted octanol–water partition coefficient (Wildman–Crippen LogP) is 2.69. The van der Waals surface area contributed by atoms with E-state index in [4.69, 9.17) is 4.74 Å². The molecular formula is C15H17N3O2. The number of aromatic amines is 1. The lowest BCUT2D eigenvalue weighted by molar-refractivity contribution is -0.111. The largest absolute Gasteiger partial charge is 0.497 e. The van der Waals surface area contributed by atoms with Gasteiger partial charge in [0.25, 0.3) is 0 Å². The number of H-pyrrole nitrogens is 1. The van der Waals surface area contributed by atoms with Crippen molar-refractivity contribution in [2.75, 3.05) is 12.4 Å². The molecular weight excluding hydrogens is 254 g/mol. The molecule has 0 radical (unpaired) electrons. The number of carbonyl (C=O) groups is 1. The SMILES string of the molecule is COc1cccc(/C=C/C(=O)Nc2n[nH]c(C)c2C)c1. The molecule has 0 aliphatic carbocycles. The Morgan fingerprint density at radius 3 is 2.85 bits per heavy atom. The molecule has 0 aliphatic heterocycles. The zero-order valence-corrected chi connectivity index (χ0v) is 11.7. The number of nitrogens with zero attached hydrogens (tertiary/aromatic N) is 1. The van der Waals surface area contributed by atoms with Gasteiger partial charge in [-0.25, -0.2) is 0 Å². The van der Waals surface area contributed by atoms with Crippen LogP contribution in [-0.2, 0) is 4.79 Å². The number of hydrogen-bond acceptors (Lipinski definition) is 3. The quantitative estimate of drug-likeness (QED) is 0.840. The van der Waals surface area contributed by atoms with Crippen LogP contribution in [0.25, 0.3) is 6.08 Å². The van der Waals surface area contributed by atoms with Crippen LogP contribution in [-0.4, -0.2) is 23.2 Å². The van der Waals surface area contributed by atoms with Crippen LogP contribution in [0.2, 0.25) is 0 Å². The number of methoxy groups -OCH3 is 1. The van der Waals surface area contributed by atoms with Gasteiger partial charge in [0.2, 0.25) is 5.91 Å². The summed E-state index contributed by atoms with van der Waals surface area (Å²) in [6, 6.07) is 7.48. The van der Waals surface area contributed by atoms with Crippen LogP contribution in [0.1, 0.15) is 16.8 Å². The van der Waals surface area contributed by atoms with E-state index in [1.807, 2.05) is 38.1 Å². The Kier molecular flexibility index (Phi) is 4.20. The molecule has 2 aromatic rings. The average molecular weight is 271 g/mol. The molecule has 1 amide bonds. The lowest BCUT2D eigenvalue weighted by Gasteiger charge is -2.01. The Morgan fingerprint density at radius 2 is 2.20 bits per heavy atom. The number of ether oxygens (including phenoxy) is 1. The number of benzene rings is 1. The van der Waals surface area contributed by atoms with Crippen LogP contribution < -0.4 is 10.1 Å². The summed E-state index contributed by atoms with van der Waals surface area (Å²) >= 11 is 0. The summed E-state index contributed by atoms with van der Waals surface area (Å²) in [5.74, 6) is 1.09. The van der Waals surface area contributed by atoms with Crippen molar-refractivity contribution in [3.63, 3.8) is 0 Å². The normalized spacial score (nSPS) is 10.8. The second-order valence-corrected chi connectivity index (χ2v) is 4.42. The molecule has 2 N–H and O–H groups in total. The van der Waals surface area contributed by atoms with Gasteiger partial charge >= 0.3 is 0 Å². The topological polar surface area (TPSA) is 67.0 Å². The molecule has 5 nitrogen and oxygen atoms in total. The fourth-order valence-corrected chi connectivity index (χ4v) is 1.68. The number of rotatable bonds is 4. The first-order valence-corrected chi connectivity index (χ1v) is 6.25. The number of amides is 1. The molecule has 0 fully saturated rings. The molecule has 0 bridgehead atoms. The van der Waals surface area contributed by atoms with Gasteiger partial charge in [0.1, 0.15) is 5.75 Å². The van der Waals surface area contributed by atoms with E-state index in [9.17, 15) is 4.79 Å². The third-order valence-electron chi connectivity index (χ3n) is 3.02. The molecule has 0 saturated heterocycles. The van der Waals surface area contributed by atoms with Crippen molar-refractivity contribution < 1.29 is 9.53 Å². The van der Waals surface area contributed by atoms with Gasteiger partial charge in [-0.3, -0.25) is 9.89 Å². The third-order valence-corrected chi connectivity index (χ3v) is 3.02. The zero-order chi connectivity index (χ0) is 14.5. The number of carbonyl (C=O) groups excluding carboxylic acids is 1. The molecule has 0 unspecified atom stereocenters. The summed E-state index contributed by atoms with van der Waals surface area (Å²) in [5, 5.41) is 9.58. The fraction of sp³-hybridized carbons (Fsp3) is 0.200. The van der Waals surface area contributed by atoms with E-state index in [0.717, 1.165) is 22.6 Å². The zero-order valence-electron chi connectivity index (χ0n) is 11.7.